The first-order chi connectivity index (χ1) is 9.06. The van der Waals surface area contributed by atoms with Crippen LogP contribution in [-0.2, 0) is 4.79 Å². The largest absolute Gasteiger partial charge is 0.391 e. The smallest absolute Gasteiger partial charge is 0.246 e. The molecule has 0 aliphatic carbocycles. The molecule has 1 aromatic rings. The Morgan fingerprint density at radius 3 is 2.74 bits per heavy atom. The third-order valence-electron chi connectivity index (χ3n) is 3.52. The third kappa shape index (κ3) is 3.82. The molecule has 102 valence electrons. The maximum atomic E-state index is 12.0. The summed E-state index contributed by atoms with van der Waals surface area (Å²) in [6.07, 6.45) is 3.75. The van der Waals surface area contributed by atoms with Crippen molar-refractivity contribution >= 4 is 23.6 Å². The normalized spacial score (nSPS) is 23.8. The highest BCUT2D eigenvalue weighted by Crippen LogP contribution is 2.17. The molecule has 0 aromatic heterocycles. The van der Waals surface area contributed by atoms with Crippen LogP contribution in [0.15, 0.2) is 30.3 Å². The van der Waals surface area contributed by atoms with Gasteiger partial charge in [-0.2, -0.15) is 0 Å². The van der Waals surface area contributed by atoms with E-state index in [1.807, 2.05) is 19.1 Å². The lowest BCUT2D eigenvalue weighted by molar-refractivity contribution is -0.130. The highest BCUT2D eigenvalue weighted by atomic mass is 35.5. The Kier molecular flexibility index (Phi) is 4.61. The second-order valence-electron chi connectivity index (χ2n) is 5.00. The summed E-state index contributed by atoms with van der Waals surface area (Å²) in [4.78, 5) is 13.7. The number of amides is 1. The lowest BCUT2D eigenvalue weighted by Crippen LogP contribution is -2.45. The number of benzene rings is 1. The van der Waals surface area contributed by atoms with E-state index in [0.29, 0.717) is 18.1 Å². The van der Waals surface area contributed by atoms with Crippen molar-refractivity contribution in [2.45, 2.75) is 19.4 Å². The van der Waals surface area contributed by atoms with Crippen molar-refractivity contribution < 1.29 is 9.90 Å². The van der Waals surface area contributed by atoms with Crippen molar-refractivity contribution in [1.29, 1.82) is 0 Å². The van der Waals surface area contributed by atoms with Crippen LogP contribution < -0.4 is 0 Å². The monoisotopic (exact) mass is 279 g/mol. The molecule has 0 radical (unpaired) electrons. The Hall–Kier alpha value is -1.32. The average Bonchev–Trinajstić information content (AvgIpc) is 2.41. The van der Waals surface area contributed by atoms with Gasteiger partial charge in [-0.1, -0.05) is 30.7 Å². The molecule has 1 amide bonds. The van der Waals surface area contributed by atoms with Crippen molar-refractivity contribution in [2.24, 2.45) is 5.92 Å². The summed E-state index contributed by atoms with van der Waals surface area (Å²) in [5.74, 6) is 0.213. The minimum atomic E-state index is -0.415. The van der Waals surface area contributed by atoms with Gasteiger partial charge in [0.05, 0.1) is 6.10 Å². The molecule has 19 heavy (non-hydrogen) atoms. The minimum Gasteiger partial charge on any atom is -0.391 e. The zero-order chi connectivity index (χ0) is 13.8. The number of carbonyl (C=O) groups excluding carboxylic acids is 1. The topological polar surface area (TPSA) is 40.5 Å². The van der Waals surface area contributed by atoms with E-state index in [0.717, 1.165) is 12.0 Å². The van der Waals surface area contributed by atoms with E-state index >= 15 is 0 Å². The first-order valence-corrected chi connectivity index (χ1v) is 6.84. The lowest BCUT2D eigenvalue weighted by Gasteiger charge is -2.33. The number of nitrogens with zero attached hydrogens (tertiary/aromatic N) is 1. The van der Waals surface area contributed by atoms with Gasteiger partial charge in [0, 0.05) is 24.2 Å². The molecule has 1 N–H and O–H groups in total. The number of β-amino-alcohol motifs (C(OH)–C–C–N with tert-alkyl or cyclic N) is 1. The summed E-state index contributed by atoms with van der Waals surface area (Å²) in [6, 6.07) is 7.30. The summed E-state index contributed by atoms with van der Waals surface area (Å²) in [6.45, 7) is 3.14. The Bertz CT molecular complexity index is 470. The van der Waals surface area contributed by atoms with Gasteiger partial charge in [-0.15, -0.1) is 0 Å². The van der Waals surface area contributed by atoms with Gasteiger partial charge in [-0.3, -0.25) is 4.79 Å². The second-order valence-corrected chi connectivity index (χ2v) is 5.44. The fourth-order valence-electron chi connectivity index (χ4n) is 2.10. The van der Waals surface area contributed by atoms with Crippen molar-refractivity contribution in [2.75, 3.05) is 13.1 Å². The molecule has 1 aliphatic heterocycles. The van der Waals surface area contributed by atoms with Crippen LogP contribution in [0.3, 0.4) is 0 Å². The van der Waals surface area contributed by atoms with Crippen LogP contribution in [0, 0.1) is 5.92 Å². The molecule has 0 bridgehead atoms. The highest BCUT2D eigenvalue weighted by molar-refractivity contribution is 6.30. The van der Waals surface area contributed by atoms with Gasteiger partial charge in [-0.25, -0.2) is 0 Å². The highest BCUT2D eigenvalue weighted by Gasteiger charge is 2.25. The van der Waals surface area contributed by atoms with Crippen LogP contribution >= 0.6 is 11.6 Å². The molecular weight excluding hydrogens is 262 g/mol. The van der Waals surface area contributed by atoms with Crippen molar-refractivity contribution in [3.63, 3.8) is 0 Å². The van der Waals surface area contributed by atoms with Gasteiger partial charge in [0.2, 0.25) is 5.91 Å². The zero-order valence-electron chi connectivity index (χ0n) is 10.9. The quantitative estimate of drug-likeness (QED) is 0.846. The number of aliphatic hydroxyl groups excluding tert-OH is 1. The summed E-state index contributed by atoms with van der Waals surface area (Å²) >= 11 is 5.80. The molecule has 1 saturated heterocycles. The van der Waals surface area contributed by atoms with Gasteiger partial charge in [0.15, 0.2) is 0 Å². The number of carbonyl (C=O) groups is 1. The molecule has 1 heterocycles. The number of piperidine rings is 1. The summed E-state index contributed by atoms with van der Waals surface area (Å²) < 4.78 is 0. The molecule has 4 heteroatoms. The fraction of sp³-hybridized carbons (Fsp3) is 0.400. The van der Waals surface area contributed by atoms with Gasteiger partial charge < -0.3 is 10.0 Å². The Morgan fingerprint density at radius 1 is 1.42 bits per heavy atom. The van der Waals surface area contributed by atoms with Gasteiger partial charge >= 0.3 is 0 Å². The molecule has 0 saturated carbocycles. The van der Waals surface area contributed by atoms with E-state index in [4.69, 9.17) is 11.6 Å². The number of halogens is 1. The lowest BCUT2D eigenvalue weighted by atomic mass is 9.96. The molecule has 2 atom stereocenters. The van der Waals surface area contributed by atoms with Crippen molar-refractivity contribution in [3.05, 3.63) is 40.9 Å². The molecule has 2 unspecified atom stereocenters. The number of aliphatic hydroxyl groups is 1. The van der Waals surface area contributed by atoms with Crippen LogP contribution in [0.5, 0.6) is 0 Å². The number of likely N-dealkylation sites (tertiary alicyclic amines) is 1. The van der Waals surface area contributed by atoms with E-state index in [-0.39, 0.29) is 11.8 Å². The van der Waals surface area contributed by atoms with E-state index in [1.165, 1.54) is 0 Å². The summed E-state index contributed by atoms with van der Waals surface area (Å²) in [5, 5.41) is 10.5. The number of hydrogen-bond donors (Lipinski definition) is 1. The van der Waals surface area contributed by atoms with Crippen molar-refractivity contribution in [3.8, 4) is 0 Å². The standard InChI is InChI=1S/C15H18ClNO2/c1-11-8-9-17(10-14(11)18)15(19)7-4-12-2-5-13(16)6-3-12/h2-7,11,14,18H,8-10H2,1H3/b7-4+. The van der Waals surface area contributed by atoms with Crippen LogP contribution in [0.1, 0.15) is 18.9 Å². The molecular formula is C15H18ClNO2. The molecule has 1 aromatic carbocycles. The first kappa shape index (κ1) is 14.1. The van der Waals surface area contributed by atoms with Crippen LogP contribution in [0.4, 0.5) is 0 Å². The van der Waals surface area contributed by atoms with Crippen LogP contribution in [0.2, 0.25) is 5.02 Å². The van der Waals surface area contributed by atoms with Crippen LogP contribution in [-0.4, -0.2) is 35.1 Å². The molecule has 0 spiro atoms. The minimum absolute atomic E-state index is 0.0547. The SMILES string of the molecule is CC1CCN(C(=O)/C=C/c2ccc(Cl)cc2)CC1O. The van der Waals surface area contributed by atoms with Gasteiger partial charge in [-0.05, 0) is 36.1 Å². The molecule has 1 aliphatic rings. The van der Waals surface area contributed by atoms with E-state index in [1.54, 1.807) is 29.2 Å². The molecule has 2 rings (SSSR count). The maximum absolute atomic E-state index is 12.0. The summed E-state index contributed by atoms with van der Waals surface area (Å²) in [7, 11) is 0. The first-order valence-electron chi connectivity index (χ1n) is 6.47. The average molecular weight is 280 g/mol. The summed E-state index contributed by atoms with van der Waals surface area (Å²) in [5.41, 5.74) is 0.934. The Balaban J connectivity index is 1.95. The molecule has 3 nitrogen and oxygen atoms in total. The number of rotatable bonds is 2. The number of hydrogen-bond acceptors (Lipinski definition) is 2. The van der Waals surface area contributed by atoms with E-state index in [2.05, 4.69) is 0 Å². The second kappa shape index (κ2) is 6.22. The maximum Gasteiger partial charge on any atom is 0.246 e. The van der Waals surface area contributed by atoms with E-state index in [9.17, 15) is 9.90 Å². The van der Waals surface area contributed by atoms with E-state index < -0.39 is 6.10 Å². The van der Waals surface area contributed by atoms with Gasteiger partial charge in [0.25, 0.3) is 0 Å². The predicted octanol–water partition coefficient (Wildman–Crippen LogP) is 2.58. The third-order valence-corrected chi connectivity index (χ3v) is 3.77. The Morgan fingerprint density at radius 2 is 2.11 bits per heavy atom. The molecule has 1 fully saturated rings. The predicted molar refractivity (Wildman–Crippen MR) is 76.9 cm³/mol. The van der Waals surface area contributed by atoms with Gasteiger partial charge in [0.1, 0.15) is 0 Å². The zero-order valence-corrected chi connectivity index (χ0v) is 11.7. The Labute approximate surface area is 118 Å². The van der Waals surface area contributed by atoms with Crippen molar-refractivity contribution in [1.82, 2.24) is 4.90 Å². The fourth-order valence-corrected chi connectivity index (χ4v) is 2.22. The van der Waals surface area contributed by atoms with Crippen LogP contribution in [0.25, 0.3) is 6.08 Å².